The third kappa shape index (κ3) is 4.02. The number of nitrogens with one attached hydrogen (secondary N) is 1. The average molecular weight is 230 g/mol. The first-order valence-corrected chi connectivity index (χ1v) is 6.18. The number of pyridine rings is 1. The number of amides is 1. The molecule has 1 aliphatic rings. The molecule has 1 aromatic rings. The highest BCUT2D eigenvalue weighted by Gasteiger charge is 2.13. The zero-order chi connectivity index (χ0) is 11.9. The Kier molecular flexibility index (Phi) is 4.30. The van der Waals surface area contributed by atoms with Crippen LogP contribution in [0.4, 0.5) is 0 Å². The molecule has 0 spiro atoms. The fraction of sp³-hybridized carbons (Fsp3) is 0.429. The van der Waals surface area contributed by atoms with E-state index < -0.39 is 0 Å². The van der Waals surface area contributed by atoms with Crippen molar-refractivity contribution in [2.75, 3.05) is 6.54 Å². The summed E-state index contributed by atoms with van der Waals surface area (Å²) in [6.45, 7) is 0.673. The lowest BCUT2D eigenvalue weighted by Crippen LogP contribution is -2.27. The Morgan fingerprint density at radius 1 is 1.47 bits per heavy atom. The summed E-state index contributed by atoms with van der Waals surface area (Å²) in [7, 11) is 0. The molecule has 90 valence electrons. The number of hydrogen-bond donors (Lipinski definition) is 1. The summed E-state index contributed by atoms with van der Waals surface area (Å²) in [6.07, 6.45) is 9.75. The van der Waals surface area contributed by atoms with Crippen molar-refractivity contribution in [1.29, 1.82) is 0 Å². The Morgan fingerprint density at radius 3 is 3.12 bits per heavy atom. The van der Waals surface area contributed by atoms with Gasteiger partial charge in [0.15, 0.2) is 0 Å². The highest BCUT2D eigenvalue weighted by atomic mass is 16.1. The van der Waals surface area contributed by atoms with Crippen LogP contribution in [0.25, 0.3) is 0 Å². The van der Waals surface area contributed by atoms with Crippen molar-refractivity contribution in [3.05, 3.63) is 42.2 Å². The van der Waals surface area contributed by atoms with Gasteiger partial charge in [0.25, 0.3) is 0 Å². The number of rotatable bonds is 5. The molecular formula is C14H18N2O. The first kappa shape index (κ1) is 11.8. The second-order valence-corrected chi connectivity index (χ2v) is 4.39. The lowest BCUT2D eigenvalue weighted by molar-refractivity contribution is -0.121. The molecule has 0 radical (unpaired) electrons. The summed E-state index contributed by atoms with van der Waals surface area (Å²) >= 11 is 0. The summed E-state index contributed by atoms with van der Waals surface area (Å²) in [6, 6.07) is 5.84. The Hall–Kier alpha value is -1.64. The van der Waals surface area contributed by atoms with Gasteiger partial charge in [-0.3, -0.25) is 9.78 Å². The van der Waals surface area contributed by atoms with Gasteiger partial charge in [0, 0.05) is 31.3 Å². The maximum atomic E-state index is 11.6. The maximum absolute atomic E-state index is 11.6. The molecule has 17 heavy (non-hydrogen) atoms. The van der Waals surface area contributed by atoms with E-state index in [9.17, 15) is 4.79 Å². The number of nitrogens with zero attached hydrogens (tertiary/aromatic N) is 1. The fourth-order valence-corrected chi connectivity index (χ4v) is 2.05. The van der Waals surface area contributed by atoms with E-state index in [0.717, 1.165) is 25.0 Å². The van der Waals surface area contributed by atoms with E-state index in [4.69, 9.17) is 0 Å². The van der Waals surface area contributed by atoms with E-state index in [2.05, 4.69) is 22.5 Å². The van der Waals surface area contributed by atoms with Gasteiger partial charge in [-0.15, -0.1) is 0 Å². The molecule has 0 fully saturated rings. The molecule has 0 aliphatic heterocycles. The van der Waals surface area contributed by atoms with Gasteiger partial charge in [0.05, 0.1) is 0 Å². The third-order valence-corrected chi connectivity index (χ3v) is 2.99. The van der Waals surface area contributed by atoms with E-state index >= 15 is 0 Å². The van der Waals surface area contributed by atoms with E-state index in [1.807, 2.05) is 18.2 Å². The van der Waals surface area contributed by atoms with Gasteiger partial charge >= 0.3 is 0 Å². The second-order valence-electron chi connectivity index (χ2n) is 4.39. The largest absolute Gasteiger partial charge is 0.356 e. The molecule has 0 saturated carbocycles. The second kappa shape index (κ2) is 6.18. The molecule has 1 amide bonds. The normalized spacial score (nSPS) is 18.2. The zero-order valence-electron chi connectivity index (χ0n) is 9.93. The molecule has 1 aromatic heterocycles. The number of allylic oxidation sites excluding steroid dienone is 2. The smallest absolute Gasteiger partial charge is 0.220 e. The van der Waals surface area contributed by atoms with Crippen LogP contribution in [-0.2, 0) is 11.2 Å². The molecule has 3 nitrogen and oxygen atoms in total. The van der Waals surface area contributed by atoms with Crippen molar-refractivity contribution < 1.29 is 4.79 Å². The summed E-state index contributed by atoms with van der Waals surface area (Å²) in [4.78, 5) is 15.8. The van der Waals surface area contributed by atoms with Crippen LogP contribution >= 0.6 is 0 Å². The van der Waals surface area contributed by atoms with Crippen LogP contribution in [0, 0.1) is 5.92 Å². The molecule has 1 atom stereocenters. The van der Waals surface area contributed by atoms with Crippen LogP contribution in [0.2, 0.25) is 0 Å². The number of aromatic nitrogens is 1. The van der Waals surface area contributed by atoms with Crippen LogP contribution in [0.15, 0.2) is 36.5 Å². The SMILES string of the molecule is O=C(C[C@@H]1C=CCC1)NCCc1ccccn1. The zero-order valence-corrected chi connectivity index (χ0v) is 9.93. The number of carbonyl (C=O) groups excluding carboxylic acids is 1. The summed E-state index contributed by atoms with van der Waals surface area (Å²) in [5.74, 6) is 0.599. The highest BCUT2D eigenvalue weighted by Crippen LogP contribution is 2.19. The molecule has 3 heteroatoms. The lowest BCUT2D eigenvalue weighted by Gasteiger charge is -2.08. The Balaban J connectivity index is 1.64. The van der Waals surface area contributed by atoms with E-state index in [1.54, 1.807) is 6.20 Å². The van der Waals surface area contributed by atoms with Crippen LogP contribution in [0.5, 0.6) is 0 Å². The maximum Gasteiger partial charge on any atom is 0.220 e. The monoisotopic (exact) mass is 230 g/mol. The minimum atomic E-state index is 0.150. The molecule has 1 heterocycles. The molecule has 0 bridgehead atoms. The van der Waals surface area contributed by atoms with E-state index in [0.29, 0.717) is 18.9 Å². The van der Waals surface area contributed by atoms with Crippen LogP contribution in [-0.4, -0.2) is 17.4 Å². The Morgan fingerprint density at radius 2 is 2.41 bits per heavy atom. The summed E-state index contributed by atoms with van der Waals surface area (Å²) in [5.41, 5.74) is 1.02. The molecule has 1 aliphatic carbocycles. The average Bonchev–Trinajstić information content (AvgIpc) is 2.83. The van der Waals surface area contributed by atoms with Crippen LogP contribution < -0.4 is 5.32 Å². The van der Waals surface area contributed by atoms with Gasteiger partial charge in [-0.05, 0) is 30.9 Å². The van der Waals surface area contributed by atoms with Crippen LogP contribution in [0.1, 0.15) is 25.0 Å². The molecule has 0 aromatic carbocycles. The molecule has 0 saturated heterocycles. The Labute approximate surface area is 102 Å². The lowest BCUT2D eigenvalue weighted by atomic mass is 10.1. The Bertz CT molecular complexity index is 386. The van der Waals surface area contributed by atoms with E-state index in [-0.39, 0.29) is 5.91 Å². The quantitative estimate of drug-likeness (QED) is 0.787. The number of carbonyl (C=O) groups is 1. The van der Waals surface area contributed by atoms with Crippen LogP contribution in [0.3, 0.4) is 0 Å². The van der Waals surface area contributed by atoms with E-state index in [1.165, 1.54) is 0 Å². The standard InChI is InChI=1S/C14H18N2O/c17-14(11-12-5-1-2-6-12)16-10-8-13-7-3-4-9-15-13/h1,3-5,7,9,12H,2,6,8,10-11H2,(H,16,17)/t12-/m1/s1. The molecule has 2 rings (SSSR count). The van der Waals surface area contributed by atoms with Crippen molar-refractivity contribution in [1.82, 2.24) is 10.3 Å². The fourth-order valence-electron chi connectivity index (χ4n) is 2.05. The molecule has 1 N–H and O–H groups in total. The summed E-state index contributed by atoms with van der Waals surface area (Å²) in [5, 5.41) is 2.95. The van der Waals surface area contributed by atoms with Gasteiger partial charge in [-0.2, -0.15) is 0 Å². The first-order valence-electron chi connectivity index (χ1n) is 6.18. The minimum absolute atomic E-state index is 0.150. The van der Waals surface area contributed by atoms with Gasteiger partial charge in [0.1, 0.15) is 0 Å². The van der Waals surface area contributed by atoms with Crippen molar-refractivity contribution in [2.45, 2.75) is 25.7 Å². The minimum Gasteiger partial charge on any atom is -0.356 e. The first-order chi connectivity index (χ1) is 8.34. The van der Waals surface area contributed by atoms with Crippen molar-refractivity contribution in [2.24, 2.45) is 5.92 Å². The predicted octanol–water partition coefficient (Wildman–Crippen LogP) is 2.10. The molecular weight excluding hydrogens is 212 g/mol. The predicted molar refractivity (Wildman–Crippen MR) is 67.4 cm³/mol. The van der Waals surface area contributed by atoms with Crippen molar-refractivity contribution >= 4 is 5.91 Å². The van der Waals surface area contributed by atoms with Gasteiger partial charge in [-0.25, -0.2) is 0 Å². The van der Waals surface area contributed by atoms with Gasteiger partial charge in [-0.1, -0.05) is 18.2 Å². The molecule has 0 unspecified atom stereocenters. The van der Waals surface area contributed by atoms with Gasteiger partial charge < -0.3 is 5.32 Å². The van der Waals surface area contributed by atoms with Gasteiger partial charge in [0.2, 0.25) is 5.91 Å². The third-order valence-electron chi connectivity index (χ3n) is 2.99. The number of hydrogen-bond acceptors (Lipinski definition) is 2. The van der Waals surface area contributed by atoms with Crippen molar-refractivity contribution in [3.63, 3.8) is 0 Å². The topological polar surface area (TPSA) is 42.0 Å². The highest BCUT2D eigenvalue weighted by molar-refractivity contribution is 5.76. The van der Waals surface area contributed by atoms with Crippen molar-refractivity contribution in [3.8, 4) is 0 Å². The summed E-state index contributed by atoms with van der Waals surface area (Å²) < 4.78 is 0.